The van der Waals surface area contributed by atoms with Crippen LogP contribution < -0.4 is 18.9 Å². The minimum absolute atomic E-state index is 0.0806. The second-order valence-corrected chi connectivity index (χ2v) is 6.39. The van der Waals surface area contributed by atoms with Gasteiger partial charge in [-0.25, -0.2) is 4.79 Å². The molecule has 0 saturated carbocycles. The van der Waals surface area contributed by atoms with E-state index in [1.165, 1.54) is 7.11 Å². The summed E-state index contributed by atoms with van der Waals surface area (Å²) in [7, 11) is 6.08. The van der Waals surface area contributed by atoms with Crippen LogP contribution >= 0.6 is 0 Å². The van der Waals surface area contributed by atoms with Crippen LogP contribution in [0.1, 0.15) is 27.2 Å². The lowest BCUT2D eigenvalue weighted by atomic mass is 9.95. The number of hydrogen-bond donors (Lipinski definition) is 2. The summed E-state index contributed by atoms with van der Waals surface area (Å²) in [6, 6.07) is 7.08. The van der Waals surface area contributed by atoms with E-state index in [4.69, 9.17) is 18.9 Å². The molecule has 1 heterocycles. The van der Waals surface area contributed by atoms with Gasteiger partial charge in [0.05, 0.1) is 34.0 Å². The van der Waals surface area contributed by atoms with Crippen molar-refractivity contribution >= 4 is 22.4 Å². The highest BCUT2D eigenvalue weighted by atomic mass is 16.5. The Morgan fingerprint density at radius 3 is 2.00 bits per heavy atom. The first-order chi connectivity index (χ1) is 13.9. The van der Waals surface area contributed by atoms with Crippen molar-refractivity contribution in [2.24, 2.45) is 0 Å². The molecule has 29 heavy (non-hydrogen) atoms. The maximum atomic E-state index is 11.8. The third kappa shape index (κ3) is 3.24. The van der Waals surface area contributed by atoms with Crippen LogP contribution in [0.4, 0.5) is 0 Å². The van der Waals surface area contributed by atoms with Crippen LogP contribution in [0.3, 0.4) is 0 Å². The Morgan fingerprint density at radius 2 is 1.52 bits per heavy atom. The standard InChI is InChI=1S/C22H23NO6/c1-11(13-9-16(27-4)21(29-6)17(10-13)28-5)18-12(2)23-20-14(18)7-8-15(26-3)19(20)22(24)25/h7-10,23H,1H2,2-6H3,(H,24,25). The van der Waals surface area contributed by atoms with Gasteiger partial charge in [-0.05, 0) is 42.3 Å². The van der Waals surface area contributed by atoms with Crippen molar-refractivity contribution in [2.75, 3.05) is 28.4 Å². The van der Waals surface area contributed by atoms with Crippen LogP contribution in [-0.4, -0.2) is 44.5 Å². The molecule has 1 aromatic heterocycles. The highest BCUT2D eigenvalue weighted by Gasteiger charge is 2.23. The number of aromatic nitrogens is 1. The number of carboxylic acid groups (broad SMARTS) is 1. The van der Waals surface area contributed by atoms with Gasteiger partial charge in [-0.3, -0.25) is 0 Å². The van der Waals surface area contributed by atoms with E-state index in [1.54, 1.807) is 27.4 Å². The molecule has 3 rings (SSSR count). The summed E-state index contributed by atoms with van der Waals surface area (Å²) in [4.78, 5) is 15.0. The van der Waals surface area contributed by atoms with Gasteiger partial charge in [0.25, 0.3) is 0 Å². The van der Waals surface area contributed by atoms with Gasteiger partial charge >= 0.3 is 5.97 Å². The van der Waals surface area contributed by atoms with Crippen molar-refractivity contribution in [3.63, 3.8) is 0 Å². The molecule has 0 aliphatic rings. The first-order valence-corrected chi connectivity index (χ1v) is 8.80. The minimum atomic E-state index is -1.07. The SMILES string of the molecule is C=C(c1cc(OC)c(OC)c(OC)c1)c1c(C)[nH]c2c(C(=O)O)c(OC)ccc12. The summed E-state index contributed by atoms with van der Waals surface area (Å²) in [5.41, 5.74) is 3.61. The number of nitrogens with one attached hydrogen (secondary N) is 1. The molecule has 152 valence electrons. The third-order valence-corrected chi connectivity index (χ3v) is 4.87. The summed E-state index contributed by atoms with van der Waals surface area (Å²) >= 11 is 0. The molecule has 7 nitrogen and oxygen atoms in total. The number of methoxy groups -OCH3 is 4. The summed E-state index contributed by atoms with van der Waals surface area (Å²) < 4.78 is 21.5. The molecular formula is C22H23NO6. The Hall–Kier alpha value is -3.61. The largest absolute Gasteiger partial charge is 0.496 e. The molecule has 0 radical (unpaired) electrons. The molecule has 0 atom stereocenters. The molecule has 0 aliphatic heterocycles. The summed E-state index contributed by atoms with van der Waals surface area (Å²) in [6.45, 7) is 6.12. The molecule has 0 bridgehead atoms. The Morgan fingerprint density at radius 1 is 0.931 bits per heavy atom. The zero-order valence-electron chi connectivity index (χ0n) is 17.0. The molecule has 0 spiro atoms. The van der Waals surface area contributed by atoms with E-state index < -0.39 is 5.97 Å². The lowest BCUT2D eigenvalue weighted by molar-refractivity contribution is 0.0695. The van der Waals surface area contributed by atoms with Crippen LogP contribution in [0.25, 0.3) is 16.5 Å². The van der Waals surface area contributed by atoms with Gasteiger partial charge in [-0.1, -0.05) is 6.58 Å². The van der Waals surface area contributed by atoms with Crippen LogP contribution in [0.15, 0.2) is 30.8 Å². The van der Waals surface area contributed by atoms with Crippen LogP contribution in [-0.2, 0) is 0 Å². The van der Waals surface area contributed by atoms with Crippen molar-refractivity contribution in [2.45, 2.75) is 6.92 Å². The number of carbonyl (C=O) groups is 1. The van der Waals surface area contributed by atoms with Gasteiger partial charge in [0.1, 0.15) is 11.3 Å². The summed E-state index contributed by atoms with van der Waals surface area (Å²) in [6.07, 6.45) is 0. The topological polar surface area (TPSA) is 90.0 Å². The fourth-order valence-corrected chi connectivity index (χ4v) is 3.54. The van der Waals surface area contributed by atoms with Crippen molar-refractivity contribution in [3.05, 3.63) is 53.2 Å². The Kier molecular flexibility index (Phi) is 5.41. The fourth-order valence-electron chi connectivity index (χ4n) is 3.54. The molecule has 3 aromatic rings. The first kappa shape index (κ1) is 20.1. The van der Waals surface area contributed by atoms with Crippen molar-refractivity contribution in [1.82, 2.24) is 4.98 Å². The van der Waals surface area contributed by atoms with E-state index in [9.17, 15) is 9.90 Å². The second-order valence-electron chi connectivity index (χ2n) is 6.39. The number of hydrogen-bond acceptors (Lipinski definition) is 5. The van der Waals surface area contributed by atoms with Crippen LogP contribution in [0.2, 0.25) is 0 Å². The molecule has 0 amide bonds. The molecular weight excluding hydrogens is 374 g/mol. The lowest BCUT2D eigenvalue weighted by Gasteiger charge is -2.15. The number of ether oxygens (including phenoxy) is 4. The van der Waals surface area contributed by atoms with Crippen LogP contribution in [0, 0.1) is 6.92 Å². The maximum Gasteiger partial charge on any atom is 0.341 e. The molecule has 0 aliphatic carbocycles. The van der Waals surface area contributed by atoms with Crippen molar-refractivity contribution in [3.8, 4) is 23.0 Å². The average Bonchev–Trinajstić information content (AvgIpc) is 3.06. The van der Waals surface area contributed by atoms with E-state index >= 15 is 0 Å². The predicted molar refractivity (Wildman–Crippen MR) is 111 cm³/mol. The molecule has 7 heteroatoms. The van der Waals surface area contributed by atoms with E-state index in [2.05, 4.69) is 11.6 Å². The summed E-state index contributed by atoms with van der Waals surface area (Å²) in [5, 5.41) is 10.4. The number of fused-ring (bicyclic) bond motifs is 1. The molecule has 0 saturated heterocycles. The van der Waals surface area contributed by atoms with Crippen molar-refractivity contribution < 1.29 is 28.8 Å². The molecule has 2 N–H and O–H groups in total. The maximum absolute atomic E-state index is 11.8. The third-order valence-electron chi connectivity index (χ3n) is 4.87. The normalized spacial score (nSPS) is 10.7. The number of H-pyrrole nitrogens is 1. The smallest absolute Gasteiger partial charge is 0.341 e. The first-order valence-electron chi connectivity index (χ1n) is 8.80. The van der Waals surface area contributed by atoms with Gasteiger partial charge in [-0.15, -0.1) is 0 Å². The second kappa shape index (κ2) is 7.79. The number of benzene rings is 2. The number of aromatic amines is 1. The number of rotatable bonds is 7. The monoisotopic (exact) mass is 397 g/mol. The number of aryl methyl sites for hydroxylation is 1. The van der Waals surface area contributed by atoms with Crippen molar-refractivity contribution in [1.29, 1.82) is 0 Å². The lowest BCUT2D eigenvalue weighted by Crippen LogP contribution is -2.01. The quantitative estimate of drug-likeness (QED) is 0.619. The van der Waals surface area contributed by atoms with Crippen LogP contribution in [0.5, 0.6) is 23.0 Å². The molecule has 0 unspecified atom stereocenters. The van der Waals surface area contributed by atoms with E-state index in [1.807, 2.05) is 25.1 Å². The van der Waals surface area contributed by atoms with E-state index in [0.717, 1.165) is 22.2 Å². The fraction of sp³-hybridized carbons (Fsp3) is 0.227. The zero-order valence-corrected chi connectivity index (χ0v) is 17.0. The number of carboxylic acids is 1. The Bertz CT molecular complexity index is 1090. The Balaban J connectivity index is 2.24. The average molecular weight is 397 g/mol. The van der Waals surface area contributed by atoms with Gasteiger partial charge in [0.15, 0.2) is 11.5 Å². The zero-order chi connectivity index (χ0) is 21.3. The van der Waals surface area contributed by atoms with E-state index in [0.29, 0.717) is 28.3 Å². The molecule has 2 aromatic carbocycles. The van der Waals surface area contributed by atoms with E-state index in [-0.39, 0.29) is 11.3 Å². The van der Waals surface area contributed by atoms with Gasteiger partial charge in [-0.2, -0.15) is 0 Å². The van der Waals surface area contributed by atoms with Gasteiger partial charge in [0.2, 0.25) is 5.75 Å². The minimum Gasteiger partial charge on any atom is -0.496 e. The predicted octanol–water partition coefficient (Wildman–Crippen LogP) is 4.27. The van der Waals surface area contributed by atoms with Gasteiger partial charge < -0.3 is 29.0 Å². The van der Waals surface area contributed by atoms with Gasteiger partial charge in [0, 0.05) is 16.6 Å². The highest BCUT2D eigenvalue weighted by molar-refractivity contribution is 6.09. The Labute approximate surface area is 168 Å². The highest BCUT2D eigenvalue weighted by Crippen LogP contribution is 2.42. The molecule has 0 fully saturated rings. The number of aromatic carboxylic acids is 1. The summed E-state index contributed by atoms with van der Waals surface area (Å²) in [5.74, 6) is 0.719.